The van der Waals surface area contributed by atoms with Crippen molar-refractivity contribution in [3.63, 3.8) is 0 Å². The van der Waals surface area contributed by atoms with Gasteiger partial charge in [-0.05, 0) is 12.7 Å². The van der Waals surface area contributed by atoms with Crippen molar-refractivity contribution in [2.24, 2.45) is 0 Å². The lowest BCUT2D eigenvalue weighted by molar-refractivity contribution is -0.115. The Labute approximate surface area is 71.4 Å². The minimum absolute atomic E-state index is 0.310. The molecule has 0 amide bonds. The van der Waals surface area contributed by atoms with Crippen molar-refractivity contribution >= 4 is 17.5 Å². The average Bonchev–Trinajstić information content (AvgIpc) is 2.18. The molecule has 62 valence electrons. The first kappa shape index (κ1) is 8.65. The van der Waals surface area contributed by atoms with Gasteiger partial charge in [0.25, 0.3) is 0 Å². The van der Waals surface area contributed by atoms with Crippen LogP contribution < -0.4 is 5.32 Å². The molecule has 3 heteroatoms. The molecule has 0 aromatic rings. The third kappa shape index (κ3) is 2.58. The Morgan fingerprint density at radius 2 is 2.55 bits per heavy atom. The first-order valence-electron chi connectivity index (χ1n) is 3.79. The van der Waals surface area contributed by atoms with Gasteiger partial charge in [-0.3, -0.25) is 4.79 Å². The summed E-state index contributed by atoms with van der Waals surface area (Å²) in [5.41, 5.74) is 0.940. The molecule has 0 unspecified atom stereocenters. The molecule has 1 aliphatic heterocycles. The van der Waals surface area contributed by atoms with Crippen LogP contribution in [0.5, 0.6) is 0 Å². The molecule has 2 nitrogen and oxygen atoms in total. The van der Waals surface area contributed by atoms with Crippen LogP contribution in [0.4, 0.5) is 0 Å². The van der Waals surface area contributed by atoms with Gasteiger partial charge in [0.05, 0.1) is 0 Å². The van der Waals surface area contributed by atoms with Crippen LogP contribution in [0.3, 0.4) is 0 Å². The summed E-state index contributed by atoms with van der Waals surface area (Å²) in [5, 5.41) is 3.12. The predicted octanol–water partition coefficient (Wildman–Crippen LogP) is 1.19. The summed E-state index contributed by atoms with van der Waals surface area (Å²) in [6.45, 7) is 0.934. The lowest BCUT2D eigenvalue weighted by Crippen LogP contribution is -2.05. The van der Waals surface area contributed by atoms with Gasteiger partial charge in [-0.2, -0.15) is 11.8 Å². The van der Waals surface area contributed by atoms with Crippen LogP contribution in [0, 0.1) is 0 Å². The number of thioether (sulfide) groups is 1. The zero-order valence-corrected chi connectivity index (χ0v) is 7.54. The second-order valence-corrected chi connectivity index (χ2v) is 3.45. The van der Waals surface area contributed by atoms with E-state index >= 15 is 0 Å². The largest absolute Gasteiger partial charge is 0.391 e. The van der Waals surface area contributed by atoms with E-state index in [0.717, 1.165) is 24.3 Å². The molecule has 1 rings (SSSR count). The standard InChI is InChI=1S/C8H13NOS/c1-11-6-7-5-9-4-2-3-8(7)10/h5,9H,2-4,6H2,1H3. The monoisotopic (exact) mass is 171 g/mol. The number of hydrogen-bond acceptors (Lipinski definition) is 3. The molecule has 0 aromatic heterocycles. The molecule has 0 fully saturated rings. The van der Waals surface area contributed by atoms with Gasteiger partial charge in [-0.25, -0.2) is 0 Å². The molecule has 0 aromatic carbocycles. The quantitative estimate of drug-likeness (QED) is 0.676. The van der Waals surface area contributed by atoms with Crippen molar-refractivity contribution in [2.75, 3.05) is 18.6 Å². The molecule has 0 aliphatic carbocycles. The zero-order valence-electron chi connectivity index (χ0n) is 6.72. The summed E-state index contributed by atoms with van der Waals surface area (Å²) in [6, 6.07) is 0. The predicted molar refractivity (Wildman–Crippen MR) is 48.7 cm³/mol. The van der Waals surface area contributed by atoms with Crippen LogP contribution in [0.15, 0.2) is 11.8 Å². The minimum Gasteiger partial charge on any atom is -0.391 e. The first-order valence-corrected chi connectivity index (χ1v) is 5.18. The molecule has 1 aliphatic rings. The number of nitrogens with one attached hydrogen (secondary N) is 1. The molecule has 11 heavy (non-hydrogen) atoms. The molecule has 0 saturated carbocycles. The Hall–Kier alpha value is -0.440. The number of carbonyl (C=O) groups is 1. The maximum Gasteiger partial charge on any atom is 0.161 e. The summed E-state index contributed by atoms with van der Waals surface area (Å²) in [7, 11) is 0. The van der Waals surface area contributed by atoms with Crippen molar-refractivity contribution in [1.82, 2.24) is 5.32 Å². The third-order valence-electron chi connectivity index (χ3n) is 1.66. The molecule has 0 radical (unpaired) electrons. The molecular formula is C8H13NOS. The zero-order chi connectivity index (χ0) is 8.10. The van der Waals surface area contributed by atoms with Crippen molar-refractivity contribution in [2.45, 2.75) is 12.8 Å². The van der Waals surface area contributed by atoms with Gasteiger partial charge < -0.3 is 5.32 Å². The van der Waals surface area contributed by atoms with Crippen molar-refractivity contribution in [3.05, 3.63) is 11.8 Å². The number of ketones is 1. The van der Waals surface area contributed by atoms with E-state index in [-0.39, 0.29) is 0 Å². The second-order valence-electron chi connectivity index (χ2n) is 2.58. The summed E-state index contributed by atoms with van der Waals surface area (Å²) < 4.78 is 0. The second kappa shape index (κ2) is 4.44. The fourth-order valence-electron chi connectivity index (χ4n) is 1.07. The van der Waals surface area contributed by atoms with E-state index in [2.05, 4.69) is 5.32 Å². The van der Waals surface area contributed by atoms with E-state index in [9.17, 15) is 4.79 Å². The maximum absolute atomic E-state index is 11.3. The number of Topliss-reactive ketones (excluding diaryl/α,β-unsaturated/α-hetero) is 1. The summed E-state index contributed by atoms with van der Waals surface area (Å²) in [6.07, 6.45) is 5.55. The minimum atomic E-state index is 0.310. The Balaban J connectivity index is 2.55. The van der Waals surface area contributed by atoms with Gasteiger partial charge in [0.1, 0.15) is 0 Å². The lowest BCUT2D eigenvalue weighted by atomic mass is 10.1. The highest BCUT2D eigenvalue weighted by Gasteiger charge is 2.10. The van der Waals surface area contributed by atoms with Gasteiger partial charge in [-0.15, -0.1) is 0 Å². The van der Waals surface area contributed by atoms with Gasteiger partial charge in [0, 0.05) is 30.5 Å². The molecule has 1 N–H and O–H groups in total. The SMILES string of the molecule is CSCC1=CNCCCC1=O. The van der Waals surface area contributed by atoms with Crippen molar-refractivity contribution < 1.29 is 4.79 Å². The first-order chi connectivity index (χ1) is 5.34. The number of hydrogen-bond donors (Lipinski definition) is 1. The molecule has 0 atom stereocenters. The molecular weight excluding hydrogens is 158 g/mol. The van der Waals surface area contributed by atoms with Gasteiger partial charge in [0.2, 0.25) is 0 Å². The van der Waals surface area contributed by atoms with Crippen LogP contribution in [0.25, 0.3) is 0 Å². The Morgan fingerprint density at radius 3 is 3.27 bits per heavy atom. The molecule has 0 saturated heterocycles. The fourth-order valence-corrected chi connectivity index (χ4v) is 1.62. The van der Waals surface area contributed by atoms with Gasteiger partial charge >= 0.3 is 0 Å². The lowest BCUT2D eigenvalue weighted by Gasteiger charge is -1.99. The van der Waals surface area contributed by atoms with E-state index in [1.54, 1.807) is 11.8 Å². The van der Waals surface area contributed by atoms with Crippen LogP contribution in [-0.4, -0.2) is 24.3 Å². The highest BCUT2D eigenvalue weighted by atomic mass is 32.2. The highest BCUT2D eigenvalue weighted by Crippen LogP contribution is 2.10. The number of carbonyl (C=O) groups excluding carboxylic acids is 1. The van der Waals surface area contributed by atoms with E-state index in [4.69, 9.17) is 0 Å². The highest BCUT2D eigenvalue weighted by molar-refractivity contribution is 7.98. The molecule has 1 heterocycles. The van der Waals surface area contributed by atoms with E-state index in [0.29, 0.717) is 12.2 Å². The van der Waals surface area contributed by atoms with Crippen LogP contribution in [-0.2, 0) is 4.79 Å². The van der Waals surface area contributed by atoms with E-state index < -0.39 is 0 Å². The van der Waals surface area contributed by atoms with Crippen molar-refractivity contribution in [1.29, 1.82) is 0 Å². The average molecular weight is 171 g/mol. The van der Waals surface area contributed by atoms with Crippen LogP contribution >= 0.6 is 11.8 Å². The molecule has 0 bridgehead atoms. The Bertz CT molecular complexity index is 177. The van der Waals surface area contributed by atoms with Crippen LogP contribution in [0.2, 0.25) is 0 Å². The topological polar surface area (TPSA) is 29.1 Å². The number of rotatable bonds is 2. The summed E-state index contributed by atoms with van der Waals surface area (Å²) >= 11 is 1.69. The van der Waals surface area contributed by atoms with E-state index in [1.807, 2.05) is 12.5 Å². The Kier molecular flexibility index (Phi) is 3.49. The summed E-state index contributed by atoms with van der Waals surface area (Å²) in [4.78, 5) is 11.3. The van der Waals surface area contributed by atoms with Gasteiger partial charge in [-0.1, -0.05) is 0 Å². The maximum atomic E-state index is 11.3. The van der Waals surface area contributed by atoms with Gasteiger partial charge in [0.15, 0.2) is 5.78 Å². The van der Waals surface area contributed by atoms with Crippen LogP contribution in [0.1, 0.15) is 12.8 Å². The smallest absolute Gasteiger partial charge is 0.161 e. The normalized spacial score (nSPS) is 18.6. The molecule has 0 spiro atoms. The summed E-state index contributed by atoms with van der Waals surface area (Å²) in [5.74, 6) is 1.15. The Morgan fingerprint density at radius 1 is 1.73 bits per heavy atom. The van der Waals surface area contributed by atoms with E-state index in [1.165, 1.54) is 0 Å². The fraction of sp³-hybridized carbons (Fsp3) is 0.625. The van der Waals surface area contributed by atoms with Crippen molar-refractivity contribution in [3.8, 4) is 0 Å². The third-order valence-corrected chi connectivity index (χ3v) is 2.26.